The first-order chi connectivity index (χ1) is 26.7. The predicted octanol–water partition coefficient (Wildman–Crippen LogP) is 31.9. The zero-order chi connectivity index (χ0) is 53.6. The van der Waals surface area contributed by atoms with Crippen molar-refractivity contribution in [2.45, 2.75) is 63.7 Å². The van der Waals surface area contributed by atoms with Crippen molar-refractivity contribution in [1.29, 1.82) is 0 Å². The van der Waals surface area contributed by atoms with Gasteiger partial charge in [0.25, 0.3) is 0 Å². The van der Waals surface area contributed by atoms with E-state index in [-0.39, 0.29) is 0 Å². The van der Waals surface area contributed by atoms with Gasteiger partial charge in [0.1, 0.15) is 58.2 Å². The normalized spacial score (nSPS) is 17.4. The number of nitrogens with zero attached hydrogens (tertiary/aromatic N) is 1. The van der Waals surface area contributed by atoms with Crippen LogP contribution in [0.25, 0.3) is 0 Å². The lowest BCUT2D eigenvalue weighted by atomic mass is 10.0. The third-order valence-corrected chi connectivity index (χ3v) is 98.6. The van der Waals surface area contributed by atoms with Gasteiger partial charge in [-0.2, -0.15) is 0 Å². The van der Waals surface area contributed by atoms with Gasteiger partial charge in [-0.3, -0.25) is 0 Å². The van der Waals surface area contributed by atoms with Gasteiger partial charge in [0.2, 0.25) is 0 Å². The molecule has 0 aromatic heterocycles. The van der Waals surface area contributed by atoms with E-state index in [2.05, 4.69) is 685 Å². The van der Waals surface area contributed by atoms with Crippen LogP contribution in [-0.2, 0) is 0 Å². The van der Waals surface area contributed by atoms with E-state index in [4.69, 9.17) is 0 Å². The first-order valence-electron chi connectivity index (χ1n) is 13.1. The van der Waals surface area contributed by atoms with Gasteiger partial charge in [-0.15, -0.1) is 2.95 Å². The van der Waals surface area contributed by atoms with Crippen molar-refractivity contribution in [1.82, 2.24) is 2.95 Å². The third-order valence-electron chi connectivity index (χ3n) is 7.65. The van der Waals surface area contributed by atoms with Crippen LogP contribution in [-0.4, -0.2) is 66.7 Å². The summed E-state index contributed by atoms with van der Waals surface area (Å²) in [5.74, 6) is 0. The number of halogens is 43. The molecule has 0 aliphatic heterocycles. The van der Waals surface area contributed by atoms with Gasteiger partial charge < -0.3 is 0 Å². The second-order valence-electron chi connectivity index (χ2n) is 11.6. The Bertz CT molecular complexity index is 1680. The van der Waals surface area contributed by atoms with Crippen LogP contribution in [0.2, 0.25) is 0 Å². The molecule has 0 saturated carbocycles. The topological polar surface area (TPSA) is 3.24 Å². The van der Waals surface area contributed by atoms with Crippen LogP contribution in [0.15, 0.2) is 0 Å². The predicted molar refractivity (Wildman–Crippen MR) is 440 cm³/mol. The summed E-state index contributed by atoms with van der Waals surface area (Å²) in [5, 5.41) is 0. The summed E-state index contributed by atoms with van der Waals surface area (Å²) < 4.78 is -24.0. The summed E-state index contributed by atoms with van der Waals surface area (Å²) in [6.45, 7) is 0. The minimum Gasteiger partial charge on any atom is -0.148 e. The minimum atomic E-state index is -1.41. The second kappa shape index (κ2) is 27.7. The average molecular weight is 3690 g/mol. The lowest BCUT2D eigenvalue weighted by Gasteiger charge is -2.63. The van der Waals surface area contributed by atoms with Crippen molar-refractivity contribution in [3.05, 3.63) is 0 Å². The standard InChI is InChI=1S/C20Br43N/c21-1(22,3(25,26)5(29,30)7(33,34)9(37,38)11(41,42)13(45,46)15(49,50)17(53,54)19(57,58)59)2(23,24)4(27,28)6(31,32)8(35,36)10(39,40)12(43,44)14(47,48)16(51,52)18(55,56)20(60,61)64(62)63. The lowest BCUT2D eigenvalue weighted by Crippen LogP contribution is -2.74. The molecule has 0 aromatic carbocycles. The fraction of sp³-hybridized carbons (Fsp3) is 1.00. The van der Waals surface area contributed by atoms with E-state index < -0.39 is 63.7 Å². The van der Waals surface area contributed by atoms with Crippen LogP contribution >= 0.6 is 685 Å². The molecule has 0 unspecified atom stereocenters. The van der Waals surface area contributed by atoms with E-state index in [1.807, 2.05) is 0 Å². The van der Waals surface area contributed by atoms with Crippen LogP contribution < -0.4 is 0 Å². The molecule has 0 bridgehead atoms. The minimum absolute atomic E-state index is 0.928. The number of rotatable bonds is 19. The smallest absolute Gasteiger partial charge is 0.148 e. The maximum Gasteiger partial charge on any atom is 0.179 e. The fourth-order valence-electron chi connectivity index (χ4n) is 3.63. The zero-order valence-electron chi connectivity index (χ0n) is 26.7. The summed E-state index contributed by atoms with van der Waals surface area (Å²) in [7, 11) is 0. The van der Waals surface area contributed by atoms with E-state index in [0.717, 1.165) is 0 Å². The summed E-state index contributed by atoms with van der Waals surface area (Å²) in [5.41, 5.74) is 0. The van der Waals surface area contributed by atoms with Crippen LogP contribution in [0.3, 0.4) is 0 Å². The monoisotopic (exact) mass is 3650 g/mol. The van der Waals surface area contributed by atoms with Gasteiger partial charge in [0.05, 0.1) is 0 Å². The number of alkyl halides is 41. The van der Waals surface area contributed by atoms with Crippen LogP contribution in [0.4, 0.5) is 0 Å². The Kier molecular flexibility index (Phi) is 36.6. The highest BCUT2D eigenvalue weighted by Crippen LogP contribution is 2.85. The Morgan fingerprint density at radius 1 is 0.141 bits per heavy atom. The highest BCUT2D eigenvalue weighted by Gasteiger charge is 2.85. The molecule has 0 aromatic rings. The van der Waals surface area contributed by atoms with Crippen molar-refractivity contribution < 1.29 is 0 Å². The Balaban J connectivity index is 8.01. The first kappa shape index (κ1) is 84.6. The molecule has 0 fully saturated rings. The van der Waals surface area contributed by atoms with E-state index in [1.54, 1.807) is 2.95 Å². The van der Waals surface area contributed by atoms with E-state index in [9.17, 15) is 0 Å². The summed E-state index contributed by atoms with van der Waals surface area (Å²) in [6.07, 6.45) is 0. The van der Waals surface area contributed by atoms with Crippen LogP contribution in [0.1, 0.15) is 0 Å². The van der Waals surface area contributed by atoms with Crippen LogP contribution in [0, 0.1) is 0 Å². The molecule has 0 spiro atoms. The van der Waals surface area contributed by atoms with Gasteiger partial charge in [-0.1, -0.05) is 653 Å². The molecule has 1 nitrogen and oxygen atoms in total. The molecule has 0 rings (SSSR count). The van der Waals surface area contributed by atoms with Crippen molar-refractivity contribution in [3.8, 4) is 0 Å². The third kappa shape index (κ3) is 14.1. The molecular weight excluding hydrogens is 3690 g/mol. The van der Waals surface area contributed by atoms with Crippen molar-refractivity contribution in [2.24, 2.45) is 0 Å². The average Bonchev–Trinajstić information content (AvgIpc) is 3.05. The molecule has 44 heteroatoms. The first-order valence-corrected chi connectivity index (χ1v) is 47.0. The van der Waals surface area contributed by atoms with Gasteiger partial charge in [-0.25, -0.2) is 0 Å². The SMILES string of the molecule is BrN(Br)C(Br)(Br)C(Br)(Br)C(Br)(Br)C(Br)(Br)C(Br)(Br)C(Br)(Br)C(Br)(Br)C(Br)(Br)C(Br)(Br)C(Br)(Br)C(Br)(Br)C(Br)(Br)C(Br)(Br)C(Br)(Br)C(Br)(Br)C(Br)(Br)C(Br)(Br)C(Br)(Br)C(Br)(Br)C(Br)(Br)Br. The molecule has 0 atom stereocenters. The van der Waals surface area contributed by atoms with E-state index in [0.29, 0.717) is 0 Å². The van der Waals surface area contributed by atoms with Crippen molar-refractivity contribution >= 4 is 685 Å². The largest absolute Gasteiger partial charge is 0.179 e. The zero-order valence-corrected chi connectivity index (χ0v) is 94.9. The molecule has 0 N–H and O–H groups in total. The van der Waals surface area contributed by atoms with Gasteiger partial charge in [-0.05, 0) is 0 Å². The molecular formula is C20Br43N. The van der Waals surface area contributed by atoms with Gasteiger partial charge >= 0.3 is 0 Å². The molecule has 0 heterocycles. The molecule has 0 aliphatic carbocycles. The number of hydrogen-bond donors (Lipinski definition) is 0. The molecule has 0 amide bonds. The number of hydrogen-bond acceptors (Lipinski definition) is 1. The van der Waals surface area contributed by atoms with Crippen molar-refractivity contribution in [2.75, 3.05) is 0 Å². The van der Waals surface area contributed by atoms with E-state index in [1.165, 1.54) is 0 Å². The highest BCUT2D eigenvalue weighted by atomic mass is 80.0. The molecule has 0 aliphatic rings. The summed E-state index contributed by atoms with van der Waals surface area (Å²) >= 11 is 169. The van der Waals surface area contributed by atoms with Crippen molar-refractivity contribution in [3.63, 3.8) is 0 Å². The lowest BCUT2D eigenvalue weighted by molar-refractivity contribution is 0.507. The quantitative estimate of drug-likeness (QED) is 0.0708. The Labute approximate surface area is 732 Å². The van der Waals surface area contributed by atoms with Gasteiger partial charge in [0, 0.05) is 32.3 Å². The Morgan fingerprint density at radius 3 is 0.328 bits per heavy atom. The maximum atomic E-state index is 4.06. The second-order valence-corrected chi connectivity index (χ2v) is 86.1. The molecule has 0 saturated heterocycles. The summed E-state index contributed by atoms with van der Waals surface area (Å²) in [4.78, 5) is 0. The van der Waals surface area contributed by atoms with E-state index >= 15 is 0 Å². The fourth-order valence-corrected chi connectivity index (χ4v) is 46.8. The summed E-state index contributed by atoms with van der Waals surface area (Å²) in [6, 6.07) is 0. The molecule has 64 heavy (non-hydrogen) atoms. The maximum absolute atomic E-state index is 4.06. The Hall–Kier alpha value is 20.6. The Morgan fingerprint density at radius 2 is 0.234 bits per heavy atom. The van der Waals surface area contributed by atoms with Gasteiger partial charge in [0.15, 0.2) is 5.50 Å². The highest BCUT2D eigenvalue weighted by molar-refractivity contribution is 9.43. The molecule has 386 valence electrons. The van der Waals surface area contributed by atoms with Crippen LogP contribution in [0.5, 0.6) is 0 Å². The molecule has 0 radical (unpaired) electrons.